The lowest BCUT2D eigenvalue weighted by Crippen LogP contribution is -2.37. The fourth-order valence-electron chi connectivity index (χ4n) is 2.37. The molecule has 1 amide bonds. The Hall–Kier alpha value is -2.83. The molecule has 0 saturated heterocycles. The van der Waals surface area contributed by atoms with Crippen LogP contribution in [0.5, 0.6) is 5.75 Å². The molecule has 0 radical (unpaired) electrons. The number of rotatable bonds is 6. The zero-order valence-electron chi connectivity index (χ0n) is 14.0. The first-order chi connectivity index (χ1) is 11.9. The number of aryl methyl sites for hydroxylation is 1. The quantitative estimate of drug-likeness (QED) is 0.632. The average Bonchev–Trinajstić information content (AvgIpc) is 3.36. The number of nitrogens with one attached hydrogen (secondary N) is 1. The Morgan fingerprint density at radius 1 is 1.32 bits per heavy atom. The van der Waals surface area contributed by atoms with Crippen molar-refractivity contribution in [3.63, 3.8) is 0 Å². The van der Waals surface area contributed by atoms with Crippen molar-refractivity contribution < 1.29 is 23.5 Å². The maximum atomic E-state index is 11.8. The number of carbonyl (C=O) groups is 2. The van der Waals surface area contributed by atoms with Gasteiger partial charge in [0.05, 0.1) is 0 Å². The van der Waals surface area contributed by atoms with Crippen molar-refractivity contribution in [1.82, 2.24) is 5.32 Å². The number of benzene rings is 1. The van der Waals surface area contributed by atoms with Crippen LogP contribution in [0, 0.1) is 6.92 Å². The highest BCUT2D eigenvalue weighted by Gasteiger charge is 2.27. The summed E-state index contributed by atoms with van der Waals surface area (Å²) in [5.74, 6) is -0.587. The Morgan fingerprint density at radius 2 is 2.08 bits per heavy atom. The third kappa shape index (κ3) is 4.37. The van der Waals surface area contributed by atoms with Crippen LogP contribution in [0.4, 0.5) is 0 Å². The van der Waals surface area contributed by atoms with Crippen molar-refractivity contribution in [2.45, 2.75) is 38.8 Å². The predicted octanol–water partition coefficient (Wildman–Crippen LogP) is 1.69. The number of hydrogen-bond donors (Lipinski definition) is 1. The molecule has 1 aliphatic rings. The van der Waals surface area contributed by atoms with E-state index in [1.807, 2.05) is 6.92 Å². The van der Waals surface area contributed by atoms with E-state index in [9.17, 15) is 14.4 Å². The second-order valence-corrected chi connectivity index (χ2v) is 6.11. The van der Waals surface area contributed by atoms with Crippen LogP contribution in [0.15, 0.2) is 33.5 Å². The van der Waals surface area contributed by atoms with Crippen LogP contribution in [0.2, 0.25) is 0 Å². The molecular formula is C18H19NO6. The first kappa shape index (κ1) is 17.0. The van der Waals surface area contributed by atoms with Gasteiger partial charge in [-0.05, 0) is 44.4 Å². The Labute approximate surface area is 143 Å². The first-order valence-corrected chi connectivity index (χ1v) is 8.09. The summed E-state index contributed by atoms with van der Waals surface area (Å²) in [6.07, 6.45) is 1.06. The van der Waals surface area contributed by atoms with Gasteiger partial charge >= 0.3 is 11.6 Å². The van der Waals surface area contributed by atoms with E-state index in [4.69, 9.17) is 13.9 Å². The summed E-state index contributed by atoms with van der Waals surface area (Å²) in [6, 6.07) is 6.58. The Bertz CT molecular complexity index is 867. The predicted molar refractivity (Wildman–Crippen MR) is 89.4 cm³/mol. The van der Waals surface area contributed by atoms with Gasteiger partial charge in [-0.15, -0.1) is 0 Å². The largest absolute Gasteiger partial charge is 0.482 e. The van der Waals surface area contributed by atoms with Gasteiger partial charge in [-0.25, -0.2) is 9.59 Å². The summed E-state index contributed by atoms with van der Waals surface area (Å²) in [4.78, 5) is 35.0. The molecule has 1 N–H and O–H groups in total. The van der Waals surface area contributed by atoms with Gasteiger partial charge in [0, 0.05) is 23.6 Å². The van der Waals surface area contributed by atoms with Gasteiger partial charge in [0.25, 0.3) is 5.91 Å². The maximum Gasteiger partial charge on any atom is 0.344 e. The van der Waals surface area contributed by atoms with Crippen LogP contribution in [0.25, 0.3) is 11.0 Å². The lowest BCUT2D eigenvalue weighted by atomic mass is 10.1. The topological polar surface area (TPSA) is 94.8 Å². The smallest absolute Gasteiger partial charge is 0.344 e. The van der Waals surface area contributed by atoms with E-state index in [0.717, 1.165) is 23.8 Å². The standard InChI is InChI=1S/C18H19NO6/c1-10-7-16(20)25-15-8-13(5-6-14(10)15)23-9-17(21)24-11(2)18(22)19-12-3-4-12/h5-8,11-12H,3-4,9H2,1-2H3,(H,19,22)/t11-/m0/s1. The van der Waals surface area contributed by atoms with E-state index in [2.05, 4.69) is 5.32 Å². The molecule has 1 heterocycles. The monoisotopic (exact) mass is 345 g/mol. The number of amides is 1. The number of carbonyl (C=O) groups excluding carboxylic acids is 2. The first-order valence-electron chi connectivity index (χ1n) is 8.09. The second kappa shape index (κ2) is 6.96. The van der Waals surface area contributed by atoms with E-state index in [-0.39, 0.29) is 18.6 Å². The molecule has 1 fully saturated rings. The SMILES string of the molecule is Cc1cc(=O)oc2cc(OCC(=O)O[C@@H](C)C(=O)NC3CC3)ccc12. The average molecular weight is 345 g/mol. The molecule has 0 unspecified atom stereocenters. The highest BCUT2D eigenvalue weighted by molar-refractivity contribution is 5.84. The minimum atomic E-state index is -0.867. The summed E-state index contributed by atoms with van der Waals surface area (Å²) in [6.45, 7) is 2.98. The van der Waals surface area contributed by atoms with Gasteiger partial charge in [-0.3, -0.25) is 4.79 Å². The van der Waals surface area contributed by atoms with E-state index in [1.54, 1.807) is 18.2 Å². The minimum absolute atomic E-state index is 0.209. The molecule has 132 valence electrons. The van der Waals surface area contributed by atoms with Crippen molar-refractivity contribution in [3.05, 3.63) is 40.2 Å². The van der Waals surface area contributed by atoms with Crippen molar-refractivity contribution in [2.75, 3.05) is 6.61 Å². The lowest BCUT2D eigenvalue weighted by Gasteiger charge is -2.13. The van der Waals surface area contributed by atoms with Crippen LogP contribution in [0.1, 0.15) is 25.3 Å². The molecule has 7 nitrogen and oxygen atoms in total. The highest BCUT2D eigenvalue weighted by atomic mass is 16.6. The van der Waals surface area contributed by atoms with Crippen molar-refractivity contribution >= 4 is 22.8 Å². The minimum Gasteiger partial charge on any atom is -0.482 e. The molecule has 3 rings (SSSR count). The molecule has 7 heteroatoms. The van der Waals surface area contributed by atoms with Gasteiger partial charge in [0.1, 0.15) is 11.3 Å². The van der Waals surface area contributed by atoms with Crippen LogP contribution in [0.3, 0.4) is 0 Å². The molecular weight excluding hydrogens is 326 g/mol. The molecule has 0 bridgehead atoms. The molecule has 2 aromatic rings. The molecule has 1 aromatic carbocycles. The summed E-state index contributed by atoms with van der Waals surface area (Å²) in [5, 5.41) is 3.56. The Balaban J connectivity index is 1.57. The third-order valence-electron chi connectivity index (χ3n) is 3.88. The summed E-state index contributed by atoms with van der Waals surface area (Å²) >= 11 is 0. The summed E-state index contributed by atoms with van der Waals surface area (Å²) in [7, 11) is 0. The summed E-state index contributed by atoms with van der Waals surface area (Å²) < 4.78 is 15.5. The van der Waals surface area contributed by atoms with Crippen LogP contribution < -0.4 is 15.7 Å². The molecule has 1 aromatic heterocycles. The number of fused-ring (bicyclic) bond motifs is 1. The fraction of sp³-hybridized carbons (Fsp3) is 0.389. The van der Waals surface area contributed by atoms with Crippen molar-refractivity contribution in [1.29, 1.82) is 0 Å². The van der Waals surface area contributed by atoms with Crippen LogP contribution in [-0.2, 0) is 14.3 Å². The maximum absolute atomic E-state index is 11.8. The number of hydrogen-bond acceptors (Lipinski definition) is 6. The van der Waals surface area contributed by atoms with Gasteiger partial charge in [0.2, 0.25) is 0 Å². The second-order valence-electron chi connectivity index (χ2n) is 6.11. The van der Waals surface area contributed by atoms with E-state index < -0.39 is 17.7 Å². The van der Waals surface area contributed by atoms with Crippen LogP contribution >= 0.6 is 0 Å². The molecule has 0 aliphatic heterocycles. The zero-order chi connectivity index (χ0) is 18.0. The Kier molecular flexibility index (Phi) is 4.74. The number of esters is 1. The van der Waals surface area contributed by atoms with Crippen LogP contribution in [-0.4, -0.2) is 30.6 Å². The highest BCUT2D eigenvalue weighted by Crippen LogP contribution is 2.22. The molecule has 25 heavy (non-hydrogen) atoms. The van der Waals surface area contributed by atoms with E-state index in [1.165, 1.54) is 13.0 Å². The van der Waals surface area contributed by atoms with E-state index in [0.29, 0.717) is 11.3 Å². The van der Waals surface area contributed by atoms with Gasteiger partial charge in [-0.2, -0.15) is 0 Å². The van der Waals surface area contributed by atoms with E-state index >= 15 is 0 Å². The Morgan fingerprint density at radius 3 is 2.80 bits per heavy atom. The zero-order valence-corrected chi connectivity index (χ0v) is 14.0. The summed E-state index contributed by atoms with van der Waals surface area (Å²) in [5.41, 5.74) is 0.734. The number of ether oxygens (including phenoxy) is 2. The third-order valence-corrected chi connectivity index (χ3v) is 3.88. The molecule has 1 saturated carbocycles. The van der Waals surface area contributed by atoms with Gasteiger partial charge in [-0.1, -0.05) is 0 Å². The molecule has 1 atom stereocenters. The lowest BCUT2D eigenvalue weighted by molar-refractivity contribution is -0.156. The molecule has 1 aliphatic carbocycles. The van der Waals surface area contributed by atoms with Gasteiger partial charge in [0.15, 0.2) is 12.7 Å². The van der Waals surface area contributed by atoms with Crippen molar-refractivity contribution in [2.24, 2.45) is 0 Å². The normalized spacial score (nSPS) is 14.8. The van der Waals surface area contributed by atoms with Gasteiger partial charge < -0.3 is 19.2 Å². The van der Waals surface area contributed by atoms with Crippen molar-refractivity contribution in [3.8, 4) is 5.75 Å². The fourth-order valence-corrected chi connectivity index (χ4v) is 2.37. The molecule has 0 spiro atoms.